The number of hydrogen-bond donors (Lipinski definition) is 2. The van der Waals surface area contributed by atoms with Crippen molar-refractivity contribution in [1.82, 2.24) is 5.32 Å². The Morgan fingerprint density at radius 2 is 1.88 bits per heavy atom. The van der Waals surface area contributed by atoms with Gasteiger partial charge in [-0.05, 0) is 37.0 Å². The number of hydrogen-bond acceptors (Lipinski definition) is 3. The third kappa shape index (κ3) is 2.63. The first-order valence-corrected chi connectivity index (χ1v) is 6.63. The summed E-state index contributed by atoms with van der Waals surface area (Å²) in [5, 5.41) is 3.06. The van der Waals surface area contributed by atoms with Crippen molar-refractivity contribution in [1.29, 1.82) is 0 Å². The van der Waals surface area contributed by atoms with E-state index in [-0.39, 0.29) is 5.91 Å². The van der Waals surface area contributed by atoms with E-state index in [0.717, 1.165) is 6.54 Å². The van der Waals surface area contributed by atoms with E-state index in [2.05, 4.69) is 19.2 Å². The molecule has 0 spiro atoms. The molecule has 98 valence electrons. The highest BCUT2D eigenvalue weighted by atomic mass is 16.5. The van der Waals surface area contributed by atoms with E-state index in [4.69, 9.17) is 10.5 Å². The summed E-state index contributed by atoms with van der Waals surface area (Å²) in [6.07, 6.45) is 3.72. The molecule has 2 fully saturated rings. The van der Waals surface area contributed by atoms with Gasteiger partial charge in [0.2, 0.25) is 5.91 Å². The molecule has 0 bridgehead atoms. The topological polar surface area (TPSA) is 64.4 Å². The highest BCUT2D eigenvalue weighted by Gasteiger charge is 2.46. The van der Waals surface area contributed by atoms with Gasteiger partial charge in [-0.3, -0.25) is 4.79 Å². The lowest BCUT2D eigenvalue weighted by Gasteiger charge is -2.32. The van der Waals surface area contributed by atoms with Gasteiger partial charge < -0.3 is 15.8 Å². The van der Waals surface area contributed by atoms with Gasteiger partial charge in [0.25, 0.3) is 0 Å². The molecule has 1 saturated carbocycles. The molecule has 1 amide bonds. The van der Waals surface area contributed by atoms with E-state index in [1.54, 1.807) is 0 Å². The van der Waals surface area contributed by atoms with Crippen molar-refractivity contribution in [3.63, 3.8) is 0 Å². The molecule has 3 N–H and O–H groups in total. The second-order valence-electron chi connectivity index (χ2n) is 5.97. The van der Waals surface area contributed by atoms with Crippen LogP contribution in [-0.2, 0) is 9.53 Å². The first-order valence-electron chi connectivity index (χ1n) is 6.63. The maximum absolute atomic E-state index is 12.1. The van der Waals surface area contributed by atoms with Crippen LogP contribution >= 0.6 is 0 Å². The van der Waals surface area contributed by atoms with Crippen molar-refractivity contribution in [3.8, 4) is 0 Å². The van der Waals surface area contributed by atoms with E-state index in [9.17, 15) is 4.79 Å². The zero-order valence-corrected chi connectivity index (χ0v) is 10.9. The molecule has 1 aliphatic heterocycles. The molecule has 17 heavy (non-hydrogen) atoms. The molecule has 1 heterocycles. The number of carbonyl (C=O) groups excluding carboxylic acids is 1. The van der Waals surface area contributed by atoms with E-state index in [1.165, 1.54) is 12.8 Å². The highest BCUT2D eigenvalue weighted by Crippen LogP contribution is 2.51. The summed E-state index contributed by atoms with van der Waals surface area (Å²) in [6.45, 7) is 6.43. The third-order valence-electron chi connectivity index (χ3n) is 4.56. The van der Waals surface area contributed by atoms with Crippen LogP contribution in [0.1, 0.15) is 39.5 Å². The number of rotatable bonds is 4. The van der Waals surface area contributed by atoms with Gasteiger partial charge in [0.15, 0.2) is 0 Å². The smallest absolute Gasteiger partial charge is 0.240 e. The fourth-order valence-corrected chi connectivity index (χ4v) is 2.51. The Morgan fingerprint density at radius 3 is 2.35 bits per heavy atom. The van der Waals surface area contributed by atoms with Gasteiger partial charge in [0, 0.05) is 19.8 Å². The molecule has 0 aromatic heterocycles. The van der Waals surface area contributed by atoms with Crippen molar-refractivity contribution in [2.45, 2.75) is 45.1 Å². The van der Waals surface area contributed by atoms with Crippen LogP contribution < -0.4 is 11.1 Å². The van der Waals surface area contributed by atoms with Crippen LogP contribution in [0.2, 0.25) is 0 Å². The zero-order valence-electron chi connectivity index (χ0n) is 10.9. The Morgan fingerprint density at radius 1 is 1.29 bits per heavy atom. The molecule has 1 aliphatic carbocycles. The summed E-state index contributed by atoms with van der Waals surface area (Å²) in [5.74, 6) is 0.638. The second kappa shape index (κ2) is 4.58. The Hall–Kier alpha value is -0.610. The Balaban J connectivity index is 1.85. The number of amides is 1. The number of nitrogens with one attached hydrogen (secondary N) is 1. The molecule has 0 atom stereocenters. The standard InChI is InChI=1S/C13H24N2O2/c1-10(2)12(3-4-12)9-15-11(16)13(14)5-7-17-8-6-13/h10H,3-9,14H2,1-2H3,(H,15,16). The summed E-state index contributed by atoms with van der Waals surface area (Å²) < 4.78 is 5.25. The van der Waals surface area contributed by atoms with Crippen molar-refractivity contribution < 1.29 is 9.53 Å². The highest BCUT2D eigenvalue weighted by molar-refractivity contribution is 5.86. The van der Waals surface area contributed by atoms with Crippen LogP contribution in [0.25, 0.3) is 0 Å². The van der Waals surface area contributed by atoms with Crippen molar-refractivity contribution in [2.75, 3.05) is 19.8 Å². The molecule has 4 nitrogen and oxygen atoms in total. The molecule has 2 rings (SSSR count). The van der Waals surface area contributed by atoms with Gasteiger partial charge in [0.1, 0.15) is 0 Å². The summed E-state index contributed by atoms with van der Waals surface area (Å²) in [4.78, 5) is 12.1. The van der Waals surface area contributed by atoms with Crippen LogP contribution in [0.5, 0.6) is 0 Å². The molecule has 0 aromatic carbocycles. The predicted octanol–water partition coefficient (Wildman–Crippen LogP) is 1.05. The van der Waals surface area contributed by atoms with E-state index in [1.807, 2.05) is 0 Å². The quantitative estimate of drug-likeness (QED) is 0.772. The monoisotopic (exact) mass is 240 g/mol. The van der Waals surface area contributed by atoms with Crippen LogP contribution in [-0.4, -0.2) is 31.2 Å². The Bertz CT molecular complexity index is 292. The van der Waals surface area contributed by atoms with Crippen molar-refractivity contribution in [2.24, 2.45) is 17.1 Å². The molecule has 0 unspecified atom stereocenters. The van der Waals surface area contributed by atoms with Crippen LogP contribution in [0.3, 0.4) is 0 Å². The maximum atomic E-state index is 12.1. The van der Waals surface area contributed by atoms with Gasteiger partial charge in [-0.25, -0.2) is 0 Å². The average Bonchev–Trinajstić information content (AvgIpc) is 3.08. The third-order valence-corrected chi connectivity index (χ3v) is 4.56. The van der Waals surface area contributed by atoms with Crippen molar-refractivity contribution in [3.05, 3.63) is 0 Å². The molecular weight excluding hydrogens is 216 g/mol. The SMILES string of the molecule is CC(C)C1(CNC(=O)C2(N)CCOCC2)CC1. The fourth-order valence-electron chi connectivity index (χ4n) is 2.51. The van der Waals surface area contributed by atoms with E-state index in [0.29, 0.717) is 37.4 Å². The van der Waals surface area contributed by atoms with Gasteiger partial charge in [-0.15, -0.1) is 0 Å². The fraction of sp³-hybridized carbons (Fsp3) is 0.923. The Kier molecular flexibility index (Phi) is 3.46. The summed E-state index contributed by atoms with van der Waals surface area (Å²) in [6, 6.07) is 0. The number of ether oxygens (including phenoxy) is 1. The normalized spacial score (nSPS) is 25.6. The number of nitrogens with two attached hydrogens (primary N) is 1. The summed E-state index contributed by atoms with van der Waals surface area (Å²) in [7, 11) is 0. The van der Waals surface area contributed by atoms with Gasteiger partial charge in [-0.1, -0.05) is 13.8 Å². The van der Waals surface area contributed by atoms with Gasteiger partial charge in [0.05, 0.1) is 5.54 Å². The van der Waals surface area contributed by atoms with E-state index < -0.39 is 5.54 Å². The first-order chi connectivity index (χ1) is 7.99. The first kappa shape index (κ1) is 12.8. The molecule has 0 radical (unpaired) electrons. The lowest BCUT2D eigenvalue weighted by molar-refractivity contribution is -0.130. The lowest BCUT2D eigenvalue weighted by Crippen LogP contribution is -2.57. The maximum Gasteiger partial charge on any atom is 0.240 e. The largest absolute Gasteiger partial charge is 0.381 e. The molecular formula is C13H24N2O2. The summed E-state index contributed by atoms with van der Waals surface area (Å²) in [5.41, 5.74) is 5.78. The van der Waals surface area contributed by atoms with Crippen LogP contribution in [0.4, 0.5) is 0 Å². The lowest BCUT2D eigenvalue weighted by atomic mass is 9.88. The van der Waals surface area contributed by atoms with Gasteiger partial charge >= 0.3 is 0 Å². The summed E-state index contributed by atoms with van der Waals surface area (Å²) >= 11 is 0. The molecule has 1 saturated heterocycles. The van der Waals surface area contributed by atoms with E-state index >= 15 is 0 Å². The van der Waals surface area contributed by atoms with Crippen LogP contribution in [0, 0.1) is 11.3 Å². The second-order valence-corrected chi connectivity index (χ2v) is 5.97. The van der Waals surface area contributed by atoms with Crippen LogP contribution in [0.15, 0.2) is 0 Å². The minimum atomic E-state index is -0.703. The van der Waals surface area contributed by atoms with Crippen molar-refractivity contribution >= 4 is 5.91 Å². The predicted molar refractivity (Wildman–Crippen MR) is 66.5 cm³/mol. The zero-order chi connectivity index (χ0) is 12.5. The minimum absolute atomic E-state index is 0.00715. The number of carbonyl (C=O) groups is 1. The minimum Gasteiger partial charge on any atom is -0.381 e. The molecule has 4 heteroatoms. The Labute approximate surface area is 103 Å². The van der Waals surface area contributed by atoms with Gasteiger partial charge in [-0.2, -0.15) is 0 Å². The molecule has 0 aromatic rings. The average molecular weight is 240 g/mol. The molecule has 2 aliphatic rings.